The highest BCUT2D eigenvalue weighted by molar-refractivity contribution is 5.74. The quantitative estimate of drug-likeness (QED) is 0.630. The summed E-state index contributed by atoms with van der Waals surface area (Å²) in [5.41, 5.74) is -0.494. The molecule has 3 N–H and O–H groups in total. The molecule has 2 fully saturated rings. The Bertz CT molecular complexity index is 428. The predicted octanol–water partition coefficient (Wildman–Crippen LogP) is 1.10. The van der Waals surface area contributed by atoms with Crippen molar-refractivity contribution >= 4 is 5.91 Å². The highest BCUT2D eigenvalue weighted by Crippen LogP contribution is 2.32. The number of amides is 1. The Morgan fingerprint density at radius 1 is 1.28 bits per heavy atom. The number of aliphatic hydroxyl groups excluding tert-OH is 2. The first-order chi connectivity index (χ1) is 11.9. The van der Waals surface area contributed by atoms with Crippen LogP contribution in [0.2, 0.25) is 0 Å². The summed E-state index contributed by atoms with van der Waals surface area (Å²) in [7, 11) is 0. The lowest BCUT2D eigenvalue weighted by Crippen LogP contribution is -2.60. The molecule has 0 aromatic heterocycles. The first-order valence-electron chi connectivity index (χ1n) is 9.43. The fraction of sp³-hybridized carbons (Fsp3) is 0.944. The molecule has 0 aromatic carbocycles. The minimum absolute atomic E-state index is 0.0982. The number of carbonyl (C=O) groups is 1. The minimum Gasteiger partial charge on any atom is -0.393 e. The molecule has 5 atom stereocenters. The fourth-order valence-corrected chi connectivity index (χ4v) is 3.87. The zero-order valence-corrected chi connectivity index (χ0v) is 15.6. The van der Waals surface area contributed by atoms with E-state index in [1.165, 1.54) is 6.92 Å². The molecule has 2 saturated heterocycles. The number of rotatable bonds is 7. The van der Waals surface area contributed by atoms with Gasteiger partial charge in [0.05, 0.1) is 30.5 Å². The maximum absolute atomic E-state index is 11.7. The van der Waals surface area contributed by atoms with Gasteiger partial charge in [0.1, 0.15) is 6.10 Å². The van der Waals surface area contributed by atoms with Crippen molar-refractivity contribution in [2.45, 2.75) is 95.5 Å². The SMILES string of the molecule is CCC(CC)(NC(C)=O)C1C[C@@H](O)C[C@@H](CO[C@@H]2OCCC[C@@H]2O)O1. The third-order valence-electron chi connectivity index (χ3n) is 5.37. The molecule has 0 bridgehead atoms. The van der Waals surface area contributed by atoms with Crippen LogP contribution in [0.15, 0.2) is 0 Å². The molecule has 2 aliphatic rings. The molecule has 0 radical (unpaired) electrons. The summed E-state index contributed by atoms with van der Waals surface area (Å²) in [6.45, 7) is 6.36. The number of ether oxygens (including phenoxy) is 3. The molecule has 7 nitrogen and oxygen atoms in total. The lowest BCUT2D eigenvalue weighted by atomic mass is 9.81. The molecule has 25 heavy (non-hydrogen) atoms. The summed E-state index contributed by atoms with van der Waals surface area (Å²) in [4.78, 5) is 11.7. The van der Waals surface area contributed by atoms with E-state index in [1.807, 2.05) is 13.8 Å². The summed E-state index contributed by atoms with van der Waals surface area (Å²) in [6, 6.07) is 0. The minimum atomic E-state index is -0.632. The van der Waals surface area contributed by atoms with Crippen LogP contribution >= 0.6 is 0 Å². The lowest BCUT2D eigenvalue weighted by Gasteiger charge is -2.45. The van der Waals surface area contributed by atoms with Gasteiger partial charge in [-0.2, -0.15) is 0 Å². The van der Waals surface area contributed by atoms with Crippen molar-refractivity contribution in [2.75, 3.05) is 13.2 Å². The van der Waals surface area contributed by atoms with Gasteiger partial charge in [0.25, 0.3) is 0 Å². The number of hydrogen-bond acceptors (Lipinski definition) is 6. The highest BCUT2D eigenvalue weighted by atomic mass is 16.7. The van der Waals surface area contributed by atoms with Gasteiger partial charge in [0, 0.05) is 26.4 Å². The predicted molar refractivity (Wildman–Crippen MR) is 92.0 cm³/mol. The monoisotopic (exact) mass is 359 g/mol. The summed E-state index contributed by atoms with van der Waals surface area (Å²) >= 11 is 0. The zero-order valence-electron chi connectivity index (χ0n) is 15.6. The molecule has 2 rings (SSSR count). The molecule has 0 spiro atoms. The smallest absolute Gasteiger partial charge is 0.217 e. The summed E-state index contributed by atoms with van der Waals surface area (Å²) in [5, 5.41) is 23.3. The van der Waals surface area contributed by atoms with E-state index in [4.69, 9.17) is 14.2 Å². The molecule has 0 saturated carbocycles. The van der Waals surface area contributed by atoms with Crippen molar-refractivity contribution in [3.63, 3.8) is 0 Å². The third kappa shape index (κ3) is 5.37. The molecule has 1 unspecified atom stereocenters. The lowest BCUT2D eigenvalue weighted by molar-refractivity contribution is -0.237. The van der Waals surface area contributed by atoms with E-state index in [9.17, 15) is 15.0 Å². The second-order valence-corrected chi connectivity index (χ2v) is 7.20. The average molecular weight is 359 g/mol. The van der Waals surface area contributed by atoms with Crippen LogP contribution < -0.4 is 5.32 Å². The van der Waals surface area contributed by atoms with Gasteiger partial charge in [0.15, 0.2) is 6.29 Å². The van der Waals surface area contributed by atoms with E-state index in [0.29, 0.717) is 25.9 Å². The topological polar surface area (TPSA) is 97.3 Å². The standard InChI is InChI=1S/C18H33NO6/c1-4-18(5-2,19-12(3)20)16-10-13(21)9-14(25-16)11-24-17-15(22)7-6-8-23-17/h13-17,21-22H,4-11H2,1-3H3,(H,19,20)/t13-,14-,15-,16?,17-/m0/s1. The summed E-state index contributed by atoms with van der Waals surface area (Å²) in [5.74, 6) is -0.0982. The third-order valence-corrected chi connectivity index (χ3v) is 5.37. The maximum Gasteiger partial charge on any atom is 0.217 e. The van der Waals surface area contributed by atoms with Crippen LogP contribution in [-0.2, 0) is 19.0 Å². The van der Waals surface area contributed by atoms with Gasteiger partial charge in [-0.25, -0.2) is 0 Å². The molecule has 146 valence electrons. The number of nitrogens with one attached hydrogen (secondary N) is 1. The van der Waals surface area contributed by atoms with Crippen molar-refractivity contribution in [2.24, 2.45) is 0 Å². The van der Waals surface area contributed by atoms with Crippen molar-refractivity contribution in [1.29, 1.82) is 0 Å². The Balaban J connectivity index is 1.98. The second-order valence-electron chi connectivity index (χ2n) is 7.20. The van der Waals surface area contributed by atoms with E-state index >= 15 is 0 Å². The molecule has 0 aliphatic carbocycles. The van der Waals surface area contributed by atoms with Gasteiger partial charge in [-0.15, -0.1) is 0 Å². The van der Waals surface area contributed by atoms with Gasteiger partial charge in [-0.3, -0.25) is 4.79 Å². The molecule has 0 aromatic rings. The molecule has 2 heterocycles. The van der Waals surface area contributed by atoms with Gasteiger partial charge in [0.2, 0.25) is 5.91 Å². The fourth-order valence-electron chi connectivity index (χ4n) is 3.87. The Kier molecular flexibility index (Phi) is 7.64. The Hall–Kier alpha value is -0.730. The van der Waals surface area contributed by atoms with Crippen molar-refractivity contribution in [1.82, 2.24) is 5.32 Å². The van der Waals surface area contributed by atoms with Crippen molar-refractivity contribution in [3.05, 3.63) is 0 Å². The van der Waals surface area contributed by atoms with Crippen LogP contribution in [0.5, 0.6) is 0 Å². The molecular formula is C18H33NO6. The van der Waals surface area contributed by atoms with Crippen LogP contribution in [0.3, 0.4) is 0 Å². The second kappa shape index (κ2) is 9.28. The van der Waals surface area contributed by atoms with Crippen LogP contribution in [0, 0.1) is 0 Å². The van der Waals surface area contributed by atoms with Crippen LogP contribution in [0.1, 0.15) is 59.3 Å². The van der Waals surface area contributed by atoms with E-state index in [0.717, 1.165) is 19.3 Å². The van der Waals surface area contributed by atoms with E-state index < -0.39 is 24.0 Å². The first-order valence-corrected chi connectivity index (χ1v) is 9.43. The molecule has 7 heteroatoms. The molecule has 2 aliphatic heterocycles. The normalized spacial score (nSPS) is 33.9. The van der Waals surface area contributed by atoms with Crippen LogP contribution in [0.4, 0.5) is 0 Å². The molecular weight excluding hydrogens is 326 g/mol. The Labute approximate surface area is 150 Å². The van der Waals surface area contributed by atoms with Crippen LogP contribution in [-0.4, -0.2) is 65.6 Å². The van der Waals surface area contributed by atoms with E-state index in [-0.39, 0.29) is 24.7 Å². The highest BCUT2D eigenvalue weighted by Gasteiger charge is 2.43. The number of carbonyl (C=O) groups excluding carboxylic acids is 1. The van der Waals surface area contributed by atoms with Crippen molar-refractivity contribution in [3.8, 4) is 0 Å². The summed E-state index contributed by atoms with van der Waals surface area (Å²) in [6.07, 6.45) is 1.57. The molecule has 1 amide bonds. The van der Waals surface area contributed by atoms with Gasteiger partial charge in [-0.1, -0.05) is 13.8 Å². The number of hydrogen-bond donors (Lipinski definition) is 3. The van der Waals surface area contributed by atoms with Gasteiger partial charge < -0.3 is 29.7 Å². The largest absolute Gasteiger partial charge is 0.393 e. The van der Waals surface area contributed by atoms with E-state index in [1.54, 1.807) is 0 Å². The Morgan fingerprint density at radius 2 is 2.00 bits per heavy atom. The number of aliphatic hydroxyl groups is 2. The van der Waals surface area contributed by atoms with Gasteiger partial charge >= 0.3 is 0 Å². The summed E-state index contributed by atoms with van der Waals surface area (Å²) < 4.78 is 17.3. The maximum atomic E-state index is 11.7. The zero-order chi connectivity index (χ0) is 18.4. The average Bonchev–Trinajstić information content (AvgIpc) is 2.58. The van der Waals surface area contributed by atoms with Crippen molar-refractivity contribution < 1.29 is 29.2 Å². The Morgan fingerprint density at radius 3 is 2.60 bits per heavy atom. The van der Waals surface area contributed by atoms with E-state index in [2.05, 4.69) is 5.32 Å². The van der Waals surface area contributed by atoms with Gasteiger partial charge in [-0.05, 0) is 25.7 Å². The first kappa shape index (κ1) is 20.6. The van der Waals surface area contributed by atoms with Crippen LogP contribution in [0.25, 0.3) is 0 Å².